The maximum absolute atomic E-state index is 12.0. The van der Waals surface area contributed by atoms with E-state index >= 15 is 0 Å². The van der Waals surface area contributed by atoms with Crippen molar-refractivity contribution in [2.45, 2.75) is 38.6 Å². The number of fused-ring (bicyclic) bond motifs is 1. The van der Waals surface area contributed by atoms with E-state index in [4.69, 9.17) is 14.6 Å². The van der Waals surface area contributed by atoms with Gasteiger partial charge in [-0.1, -0.05) is 25.8 Å². The molecule has 1 aliphatic heterocycles. The van der Waals surface area contributed by atoms with Crippen molar-refractivity contribution in [2.24, 2.45) is 0 Å². The molecule has 6 nitrogen and oxygen atoms in total. The highest BCUT2D eigenvalue weighted by Gasteiger charge is 2.20. The first-order chi connectivity index (χ1) is 10.6. The van der Waals surface area contributed by atoms with Crippen LogP contribution >= 0.6 is 0 Å². The molecule has 0 aromatic heterocycles. The van der Waals surface area contributed by atoms with Crippen LogP contribution in [0.4, 0.5) is 0 Å². The summed E-state index contributed by atoms with van der Waals surface area (Å²) in [6, 6.07) is 4.48. The molecule has 22 heavy (non-hydrogen) atoms. The van der Waals surface area contributed by atoms with Gasteiger partial charge in [-0.15, -0.1) is 0 Å². The lowest BCUT2D eigenvalue weighted by Gasteiger charge is -2.19. The minimum absolute atomic E-state index is 0.118. The SMILES string of the molecule is CCCC[C@H](NC(=O)Cc1ccc2c(c1)OCCO2)C(=O)O. The number of carboxylic acids is 1. The van der Waals surface area contributed by atoms with E-state index in [1.165, 1.54) is 0 Å². The van der Waals surface area contributed by atoms with E-state index in [0.29, 0.717) is 31.1 Å². The van der Waals surface area contributed by atoms with E-state index in [9.17, 15) is 9.59 Å². The fraction of sp³-hybridized carbons (Fsp3) is 0.500. The molecule has 0 unspecified atom stereocenters. The summed E-state index contributed by atoms with van der Waals surface area (Å²) < 4.78 is 10.9. The first kappa shape index (κ1) is 16.1. The third kappa shape index (κ3) is 4.38. The van der Waals surface area contributed by atoms with Crippen LogP contribution < -0.4 is 14.8 Å². The van der Waals surface area contributed by atoms with E-state index in [-0.39, 0.29) is 12.3 Å². The molecular formula is C16H21NO5. The number of benzene rings is 1. The quantitative estimate of drug-likeness (QED) is 0.802. The van der Waals surface area contributed by atoms with Crippen molar-refractivity contribution in [1.82, 2.24) is 5.32 Å². The fourth-order valence-corrected chi connectivity index (χ4v) is 2.29. The standard InChI is InChI=1S/C16H21NO5/c1-2-3-4-12(16(19)20)17-15(18)10-11-5-6-13-14(9-11)22-8-7-21-13/h5-6,9,12H,2-4,7-8,10H2,1H3,(H,17,18)(H,19,20)/t12-/m0/s1. The van der Waals surface area contributed by atoms with Gasteiger partial charge in [0, 0.05) is 0 Å². The number of amides is 1. The number of hydrogen-bond acceptors (Lipinski definition) is 4. The smallest absolute Gasteiger partial charge is 0.326 e. The first-order valence-electron chi connectivity index (χ1n) is 7.51. The Hall–Kier alpha value is -2.24. The van der Waals surface area contributed by atoms with E-state index < -0.39 is 12.0 Å². The van der Waals surface area contributed by atoms with Gasteiger partial charge in [0.1, 0.15) is 19.3 Å². The molecule has 1 aromatic rings. The lowest BCUT2D eigenvalue weighted by atomic mass is 10.1. The number of ether oxygens (including phenoxy) is 2. The summed E-state index contributed by atoms with van der Waals surface area (Å²) in [5.41, 5.74) is 0.765. The molecule has 0 radical (unpaired) electrons. The summed E-state index contributed by atoms with van der Waals surface area (Å²) in [6.07, 6.45) is 2.22. The maximum atomic E-state index is 12.0. The molecular weight excluding hydrogens is 286 g/mol. The second-order valence-corrected chi connectivity index (χ2v) is 5.26. The summed E-state index contributed by atoms with van der Waals surface area (Å²) in [6.45, 7) is 2.99. The molecule has 6 heteroatoms. The van der Waals surface area contributed by atoms with Crippen LogP contribution in [0.25, 0.3) is 0 Å². The molecule has 120 valence electrons. The van der Waals surface area contributed by atoms with Crippen molar-refractivity contribution in [2.75, 3.05) is 13.2 Å². The van der Waals surface area contributed by atoms with Crippen molar-refractivity contribution in [3.8, 4) is 11.5 Å². The molecule has 0 spiro atoms. The second-order valence-electron chi connectivity index (χ2n) is 5.26. The Morgan fingerprint density at radius 2 is 2.00 bits per heavy atom. The molecule has 1 aromatic carbocycles. The van der Waals surface area contributed by atoms with Crippen LogP contribution in [0.15, 0.2) is 18.2 Å². The average Bonchev–Trinajstić information content (AvgIpc) is 2.51. The Bertz CT molecular complexity index is 543. The molecule has 1 aliphatic rings. The zero-order valence-corrected chi connectivity index (χ0v) is 12.6. The van der Waals surface area contributed by atoms with Crippen molar-refractivity contribution in [3.05, 3.63) is 23.8 Å². The lowest BCUT2D eigenvalue weighted by molar-refractivity contribution is -0.142. The van der Waals surface area contributed by atoms with E-state index in [1.54, 1.807) is 18.2 Å². The fourth-order valence-electron chi connectivity index (χ4n) is 2.29. The second kappa shape index (κ2) is 7.68. The number of unbranched alkanes of at least 4 members (excludes halogenated alkanes) is 1. The van der Waals surface area contributed by atoms with Crippen LogP contribution in [0.1, 0.15) is 31.7 Å². The summed E-state index contributed by atoms with van der Waals surface area (Å²) in [4.78, 5) is 23.1. The van der Waals surface area contributed by atoms with Gasteiger partial charge in [-0.3, -0.25) is 4.79 Å². The summed E-state index contributed by atoms with van der Waals surface area (Å²) >= 11 is 0. The van der Waals surface area contributed by atoms with Crippen molar-refractivity contribution in [3.63, 3.8) is 0 Å². The molecule has 1 heterocycles. The summed E-state index contributed by atoms with van der Waals surface area (Å²) in [7, 11) is 0. The molecule has 0 fully saturated rings. The average molecular weight is 307 g/mol. The Morgan fingerprint density at radius 3 is 2.68 bits per heavy atom. The van der Waals surface area contributed by atoms with Gasteiger partial charge in [-0.05, 0) is 24.1 Å². The topological polar surface area (TPSA) is 84.9 Å². The highest BCUT2D eigenvalue weighted by Crippen LogP contribution is 2.30. The van der Waals surface area contributed by atoms with Gasteiger partial charge in [-0.2, -0.15) is 0 Å². The van der Waals surface area contributed by atoms with Gasteiger partial charge >= 0.3 is 5.97 Å². The van der Waals surface area contributed by atoms with Gasteiger partial charge < -0.3 is 19.9 Å². The highest BCUT2D eigenvalue weighted by molar-refractivity contribution is 5.84. The highest BCUT2D eigenvalue weighted by atomic mass is 16.6. The van der Waals surface area contributed by atoms with Gasteiger partial charge in [0.25, 0.3) is 0 Å². The van der Waals surface area contributed by atoms with Crippen molar-refractivity contribution < 1.29 is 24.2 Å². The molecule has 0 bridgehead atoms. The number of hydrogen-bond donors (Lipinski definition) is 2. The van der Waals surface area contributed by atoms with Gasteiger partial charge in [0.15, 0.2) is 11.5 Å². The van der Waals surface area contributed by atoms with Crippen LogP contribution in [0.5, 0.6) is 11.5 Å². The number of aliphatic carboxylic acids is 1. The third-order valence-corrected chi connectivity index (χ3v) is 3.45. The number of carbonyl (C=O) groups is 2. The van der Waals surface area contributed by atoms with Crippen molar-refractivity contribution >= 4 is 11.9 Å². The Balaban J connectivity index is 1.94. The monoisotopic (exact) mass is 307 g/mol. The maximum Gasteiger partial charge on any atom is 0.326 e. The minimum atomic E-state index is -0.996. The zero-order valence-electron chi connectivity index (χ0n) is 12.6. The van der Waals surface area contributed by atoms with Crippen LogP contribution in [-0.4, -0.2) is 36.2 Å². The predicted molar refractivity (Wildman–Crippen MR) is 80.2 cm³/mol. The van der Waals surface area contributed by atoms with E-state index in [0.717, 1.165) is 18.4 Å². The van der Waals surface area contributed by atoms with Crippen molar-refractivity contribution in [1.29, 1.82) is 0 Å². The molecule has 1 amide bonds. The molecule has 1 atom stereocenters. The lowest BCUT2D eigenvalue weighted by Crippen LogP contribution is -2.41. The Labute approximate surface area is 129 Å². The normalized spacial score (nSPS) is 14.2. The largest absolute Gasteiger partial charge is 0.486 e. The zero-order chi connectivity index (χ0) is 15.9. The van der Waals surface area contributed by atoms with Crippen LogP contribution in [-0.2, 0) is 16.0 Å². The number of nitrogens with one attached hydrogen (secondary N) is 1. The Kier molecular flexibility index (Phi) is 5.63. The van der Waals surface area contributed by atoms with Crippen LogP contribution in [0, 0.1) is 0 Å². The molecule has 0 aliphatic carbocycles. The van der Waals surface area contributed by atoms with Gasteiger partial charge in [0.05, 0.1) is 6.42 Å². The molecule has 2 N–H and O–H groups in total. The molecule has 0 saturated heterocycles. The minimum Gasteiger partial charge on any atom is -0.486 e. The van der Waals surface area contributed by atoms with Crippen LogP contribution in [0.2, 0.25) is 0 Å². The Morgan fingerprint density at radius 1 is 1.27 bits per heavy atom. The molecule has 2 rings (SSSR count). The van der Waals surface area contributed by atoms with Gasteiger partial charge in [-0.25, -0.2) is 4.79 Å². The summed E-state index contributed by atoms with van der Waals surface area (Å²) in [5, 5.41) is 11.7. The molecule has 0 saturated carbocycles. The predicted octanol–water partition coefficient (Wildman–Crippen LogP) is 1.76. The first-order valence-corrected chi connectivity index (χ1v) is 7.51. The third-order valence-electron chi connectivity index (χ3n) is 3.45. The van der Waals surface area contributed by atoms with E-state index in [2.05, 4.69) is 5.32 Å². The number of carboxylic acid groups (broad SMARTS) is 1. The number of rotatable bonds is 7. The summed E-state index contributed by atoms with van der Waals surface area (Å²) in [5.74, 6) is -0.0109. The van der Waals surface area contributed by atoms with Crippen LogP contribution in [0.3, 0.4) is 0 Å². The number of carbonyl (C=O) groups excluding carboxylic acids is 1. The van der Waals surface area contributed by atoms with E-state index in [1.807, 2.05) is 6.92 Å². The van der Waals surface area contributed by atoms with Gasteiger partial charge in [0.2, 0.25) is 5.91 Å².